The number of ether oxygens (including phenoxy) is 3. The molecule has 0 aromatic rings. The van der Waals surface area contributed by atoms with E-state index in [2.05, 4.69) is 0 Å². The lowest BCUT2D eigenvalue weighted by Gasteiger charge is -2.28. The van der Waals surface area contributed by atoms with Crippen LogP contribution in [0.2, 0.25) is 0 Å². The van der Waals surface area contributed by atoms with Gasteiger partial charge < -0.3 is 19.9 Å². The third kappa shape index (κ3) is 3.93. The molecule has 2 unspecified atom stereocenters. The van der Waals surface area contributed by atoms with Crippen LogP contribution >= 0.6 is 0 Å². The molecular weight excluding hydrogens is 234 g/mol. The number of carbonyl (C=O) groups is 1. The number of hydrogen-bond donors (Lipinski definition) is 1. The van der Waals surface area contributed by atoms with Gasteiger partial charge in [-0.15, -0.1) is 0 Å². The molecule has 0 saturated heterocycles. The van der Waals surface area contributed by atoms with Crippen LogP contribution in [0.4, 0.5) is 0 Å². The van der Waals surface area contributed by atoms with Gasteiger partial charge in [0.05, 0.1) is 7.11 Å². The molecule has 0 aromatic carbocycles. The van der Waals surface area contributed by atoms with Crippen molar-refractivity contribution in [3.8, 4) is 0 Å². The molecule has 0 amide bonds. The van der Waals surface area contributed by atoms with Crippen LogP contribution in [-0.4, -0.2) is 45.5 Å². The molecule has 1 aliphatic rings. The summed E-state index contributed by atoms with van der Waals surface area (Å²) in [5.74, 6) is -0.114. The molecule has 0 bridgehead atoms. The van der Waals surface area contributed by atoms with Gasteiger partial charge in [-0.1, -0.05) is 6.42 Å². The van der Waals surface area contributed by atoms with Gasteiger partial charge in [-0.3, -0.25) is 4.79 Å². The molecule has 0 heterocycles. The van der Waals surface area contributed by atoms with E-state index in [9.17, 15) is 4.79 Å². The molecule has 1 rings (SSSR count). The Kier molecular flexibility index (Phi) is 6.60. The molecule has 1 aliphatic carbocycles. The molecule has 5 nitrogen and oxygen atoms in total. The summed E-state index contributed by atoms with van der Waals surface area (Å²) in [6.07, 6.45) is 4.39. The minimum Gasteiger partial charge on any atom is -0.468 e. The second-order valence-electron chi connectivity index (χ2n) is 4.87. The van der Waals surface area contributed by atoms with Crippen LogP contribution in [0.25, 0.3) is 0 Å². The maximum Gasteiger partial charge on any atom is 0.326 e. The van der Waals surface area contributed by atoms with Gasteiger partial charge in [0.1, 0.15) is 5.54 Å². The Morgan fingerprint density at radius 3 is 2.78 bits per heavy atom. The first-order valence-electron chi connectivity index (χ1n) is 6.59. The van der Waals surface area contributed by atoms with Crippen LogP contribution in [0.1, 0.15) is 32.1 Å². The molecule has 106 valence electrons. The zero-order chi connectivity index (χ0) is 13.4. The van der Waals surface area contributed by atoms with Crippen LogP contribution < -0.4 is 5.73 Å². The third-order valence-electron chi connectivity index (χ3n) is 3.68. The lowest BCUT2D eigenvalue weighted by molar-refractivity contribution is -0.148. The second kappa shape index (κ2) is 7.71. The van der Waals surface area contributed by atoms with Crippen molar-refractivity contribution in [1.82, 2.24) is 0 Å². The lowest BCUT2D eigenvalue weighted by atomic mass is 9.86. The lowest BCUT2D eigenvalue weighted by Crippen LogP contribution is -2.51. The highest BCUT2D eigenvalue weighted by Gasteiger charge is 2.46. The van der Waals surface area contributed by atoms with Crippen LogP contribution in [-0.2, 0) is 19.0 Å². The first kappa shape index (κ1) is 15.4. The summed E-state index contributed by atoms with van der Waals surface area (Å²) in [7, 11) is 3.07. The average Bonchev–Trinajstić information content (AvgIpc) is 2.75. The highest BCUT2D eigenvalue weighted by molar-refractivity contribution is 5.81. The SMILES string of the molecule is COCCCOCCC1CCCC1(N)C(=O)OC. The average molecular weight is 259 g/mol. The summed E-state index contributed by atoms with van der Waals surface area (Å²) in [5.41, 5.74) is 5.37. The fourth-order valence-electron chi connectivity index (χ4n) is 2.60. The molecule has 2 atom stereocenters. The fourth-order valence-corrected chi connectivity index (χ4v) is 2.60. The summed E-state index contributed by atoms with van der Waals surface area (Å²) >= 11 is 0. The minimum atomic E-state index is -0.801. The predicted molar refractivity (Wildman–Crippen MR) is 68.2 cm³/mol. The molecule has 1 saturated carbocycles. The molecule has 2 N–H and O–H groups in total. The van der Waals surface area contributed by atoms with Gasteiger partial charge in [-0.2, -0.15) is 0 Å². The van der Waals surface area contributed by atoms with E-state index in [1.165, 1.54) is 7.11 Å². The highest BCUT2D eigenvalue weighted by Crippen LogP contribution is 2.36. The summed E-state index contributed by atoms with van der Waals surface area (Å²) in [4.78, 5) is 11.7. The van der Waals surface area contributed by atoms with E-state index in [0.29, 0.717) is 26.2 Å². The van der Waals surface area contributed by atoms with E-state index < -0.39 is 5.54 Å². The van der Waals surface area contributed by atoms with Gasteiger partial charge in [-0.05, 0) is 31.6 Å². The first-order chi connectivity index (χ1) is 8.65. The van der Waals surface area contributed by atoms with E-state index in [0.717, 1.165) is 25.7 Å². The Balaban J connectivity index is 2.26. The van der Waals surface area contributed by atoms with Crippen molar-refractivity contribution >= 4 is 5.97 Å². The van der Waals surface area contributed by atoms with Crippen LogP contribution in [0, 0.1) is 5.92 Å². The molecular formula is C13H25NO4. The van der Waals surface area contributed by atoms with Crippen LogP contribution in [0.5, 0.6) is 0 Å². The van der Waals surface area contributed by atoms with E-state index in [4.69, 9.17) is 19.9 Å². The molecule has 5 heteroatoms. The standard InChI is InChI=1S/C13H25NO4/c1-16-8-4-9-18-10-6-11-5-3-7-13(11,14)12(15)17-2/h11H,3-10,14H2,1-2H3. The van der Waals surface area contributed by atoms with Gasteiger partial charge in [0.15, 0.2) is 0 Å². The van der Waals surface area contributed by atoms with Crippen molar-refractivity contribution in [3.05, 3.63) is 0 Å². The summed E-state index contributed by atoms with van der Waals surface area (Å²) in [6, 6.07) is 0. The Hall–Kier alpha value is -0.650. The zero-order valence-electron chi connectivity index (χ0n) is 11.4. The molecule has 0 aromatic heterocycles. The van der Waals surface area contributed by atoms with Crippen LogP contribution in [0.3, 0.4) is 0 Å². The van der Waals surface area contributed by atoms with Gasteiger partial charge in [-0.25, -0.2) is 0 Å². The van der Waals surface area contributed by atoms with Crippen molar-refractivity contribution < 1.29 is 19.0 Å². The van der Waals surface area contributed by atoms with E-state index in [-0.39, 0.29) is 11.9 Å². The van der Waals surface area contributed by atoms with E-state index >= 15 is 0 Å². The van der Waals surface area contributed by atoms with Crippen molar-refractivity contribution in [2.75, 3.05) is 34.0 Å². The van der Waals surface area contributed by atoms with Crippen molar-refractivity contribution in [2.24, 2.45) is 11.7 Å². The van der Waals surface area contributed by atoms with Crippen LogP contribution in [0.15, 0.2) is 0 Å². The third-order valence-corrected chi connectivity index (χ3v) is 3.68. The van der Waals surface area contributed by atoms with Gasteiger partial charge in [0.2, 0.25) is 0 Å². The summed E-state index contributed by atoms with van der Waals surface area (Å²) < 4.78 is 15.3. The number of nitrogens with two attached hydrogens (primary N) is 1. The number of carbonyl (C=O) groups excluding carboxylic acids is 1. The Bertz CT molecular complexity index is 259. The monoisotopic (exact) mass is 259 g/mol. The second-order valence-corrected chi connectivity index (χ2v) is 4.87. The van der Waals surface area contributed by atoms with E-state index in [1.807, 2.05) is 0 Å². The smallest absolute Gasteiger partial charge is 0.326 e. The maximum absolute atomic E-state index is 11.7. The molecule has 1 fully saturated rings. The largest absolute Gasteiger partial charge is 0.468 e. The Labute approximate surface area is 109 Å². The van der Waals surface area contributed by atoms with Crippen molar-refractivity contribution in [1.29, 1.82) is 0 Å². The maximum atomic E-state index is 11.7. The zero-order valence-corrected chi connectivity index (χ0v) is 11.4. The van der Waals surface area contributed by atoms with E-state index in [1.54, 1.807) is 7.11 Å². The summed E-state index contributed by atoms with van der Waals surface area (Å²) in [6.45, 7) is 2.05. The number of hydrogen-bond acceptors (Lipinski definition) is 5. The van der Waals surface area contributed by atoms with Gasteiger partial charge >= 0.3 is 5.97 Å². The molecule has 0 aliphatic heterocycles. The summed E-state index contributed by atoms with van der Waals surface area (Å²) in [5, 5.41) is 0. The number of esters is 1. The highest BCUT2D eigenvalue weighted by atomic mass is 16.5. The first-order valence-corrected chi connectivity index (χ1v) is 6.59. The fraction of sp³-hybridized carbons (Fsp3) is 0.923. The van der Waals surface area contributed by atoms with Gasteiger partial charge in [0, 0.05) is 26.9 Å². The quantitative estimate of drug-likeness (QED) is 0.522. The predicted octanol–water partition coefficient (Wildman–Crippen LogP) is 1.10. The normalized spacial score (nSPS) is 27.4. The molecule has 0 spiro atoms. The number of methoxy groups -OCH3 is 2. The number of rotatable bonds is 8. The molecule has 18 heavy (non-hydrogen) atoms. The Morgan fingerprint density at radius 1 is 1.33 bits per heavy atom. The molecule has 0 radical (unpaired) electrons. The topological polar surface area (TPSA) is 70.8 Å². The Morgan fingerprint density at radius 2 is 2.11 bits per heavy atom. The van der Waals surface area contributed by atoms with Crippen molar-refractivity contribution in [3.63, 3.8) is 0 Å². The van der Waals surface area contributed by atoms with Crippen molar-refractivity contribution in [2.45, 2.75) is 37.6 Å². The minimum absolute atomic E-state index is 0.173. The van der Waals surface area contributed by atoms with Gasteiger partial charge in [0.25, 0.3) is 0 Å².